The Hall–Kier alpha value is -1.04. The normalized spacial score (nSPS) is 10.2. The van der Waals surface area contributed by atoms with Crippen LogP contribution in [0.25, 0.3) is 0 Å². The van der Waals surface area contributed by atoms with Crippen LogP contribution in [0.1, 0.15) is 26.7 Å². The smallest absolute Gasteiger partial charge is 0.321 e. The number of aromatic nitrogens is 3. The molecule has 1 aromatic rings. The predicted octanol–water partition coefficient (Wildman–Crippen LogP) is 2.20. The molecule has 1 rings (SSSR count). The van der Waals surface area contributed by atoms with E-state index >= 15 is 0 Å². The Bertz CT molecular complexity index is 322. The molecule has 0 aliphatic heterocycles. The van der Waals surface area contributed by atoms with Crippen LogP contribution < -0.4 is 10.1 Å². The van der Waals surface area contributed by atoms with Gasteiger partial charge >= 0.3 is 6.01 Å². The van der Waals surface area contributed by atoms with Gasteiger partial charge in [0, 0.05) is 12.3 Å². The summed E-state index contributed by atoms with van der Waals surface area (Å²) in [6.07, 6.45) is 2.34. The number of hydrogen-bond donors (Lipinski definition) is 1. The number of thioether (sulfide) groups is 1. The first-order valence-corrected chi connectivity index (χ1v) is 6.45. The van der Waals surface area contributed by atoms with Crippen molar-refractivity contribution in [3.63, 3.8) is 0 Å². The summed E-state index contributed by atoms with van der Waals surface area (Å²) in [7, 11) is 1.56. The van der Waals surface area contributed by atoms with Crippen LogP contribution in [0.3, 0.4) is 0 Å². The van der Waals surface area contributed by atoms with E-state index in [1.54, 1.807) is 18.9 Å². The van der Waals surface area contributed by atoms with Gasteiger partial charge in [-0.1, -0.05) is 25.1 Å². The quantitative estimate of drug-likeness (QED) is 0.584. The summed E-state index contributed by atoms with van der Waals surface area (Å²) >= 11 is 1.63. The zero-order valence-corrected chi connectivity index (χ0v) is 10.8. The molecule has 6 heteroatoms. The highest BCUT2D eigenvalue weighted by Crippen LogP contribution is 2.18. The lowest BCUT2D eigenvalue weighted by molar-refractivity contribution is 0.373. The predicted molar refractivity (Wildman–Crippen MR) is 66.2 cm³/mol. The van der Waals surface area contributed by atoms with Crippen molar-refractivity contribution in [3.05, 3.63) is 0 Å². The minimum Gasteiger partial charge on any atom is -0.467 e. The second-order valence-corrected chi connectivity index (χ2v) is 4.22. The van der Waals surface area contributed by atoms with Gasteiger partial charge in [0.15, 0.2) is 5.16 Å². The summed E-state index contributed by atoms with van der Waals surface area (Å²) in [4.78, 5) is 12.6. The monoisotopic (exact) mass is 242 g/mol. The van der Waals surface area contributed by atoms with Gasteiger partial charge < -0.3 is 10.1 Å². The third-order valence-corrected chi connectivity index (χ3v) is 2.77. The molecule has 0 aliphatic carbocycles. The second-order valence-electron chi connectivity index (χ2n) is 3.16. The molecule has 0 unspecified atom stereocenters. The number of rotatable bonds is 7. The molecule has 1 heterocycles. The molecule has 0 amide bonds. The number of nitrogens with zero attached hydrogens (tertiary/aromatic N) is 3. The lowest BCUT2D eigenvalue weighted by atomic mass is 10.4. The summed E-state index contributed by atoms with van der Waals surface area (Å²) in [5, 5.41) is 3.78. The molecule has 0 aromatic carbocycles. The molecule has 16 heavy (non-hydrogen) atoms. The molecule has 0 saturated heterocycles. The number of hydrogen-bond acceptors (Lipinski definition) is 6. The number of methoxy groups -OCH3 is 1. The fraction of sp³-hybridized carbons (Fsp3) is 0.700. The van der Waals surface area contributed by atoms with Gasteiger partial charge in [-0.15, -0.1) is 0 Å². The maximum atomic E-state index is 5.03. The van der Waals surface area contributed by atoms with Gasteiger partial charge in [-0.2, -0.15) is 15.0 Å². The van der Waals surface area contributed by atoms with E-state index in [-0.39, 0.29) is 0 Å². The molecule has 0 atom stereocenters. The largest absolute Gasteiger partial charge is 0.467 e. The first-order valence-electron chi connectivity index (χ1n) is 5.46. The topological polar surface area (TPSA) is 59.9 Å². The van der Waals surface area contributed by atoms with E-state index in [0.29, 0.717) is 12.0 Å². The van der Waals surface area contributed by atoms with Crippen LogP contribution in [0.4, 0.5) is 5.95 Å². The number of unbranched alkanes of at least 4 members (excludes halogenated alkanes) is 1. The molecule has 0 radical (unpaired) electrons. The lowest BCUT2D eigenvalue weighted by Gasteiger charge is -2.05. The zero-order valence-electron chi connectivity index (χ0n) is 9.99. The van der Waals surface area contributed by atoms with Gasteiger partial charge in [0.2, 0.25) is 5.95 Å². The van der Waals surface area contributed by atoms with Gasteiger partial charge in [-0.25, -0.2) is 0 Å². The molecule has 90 valence electrons. The average molecular weight is 242 g/mol. The van der Waals surface area contributed by atoms with Gasteiger partial charge in [0.25, 0.3) is 0 Å². The van der Waals surface area contributed by atoms with E-state index in [2.05, 4.69) is 27.2 Å². The van der Waals surface area contributed by atoms with Crippen molar-refractivity contribution in [2.24, 2.45) is 0 Å². The van der Waals surface area contributed by atoms with Crippen molar-refractivity contribution in [3.8, 4) is 6.01 Å². The van der Waals surface area contributed by atoms with Gasteiger partial charge in [-0.05, 0) is 13.3 Å². The maximum absolute atomic E-state index is 5.03. The third-order valence-electron chi connectivity index (χ3n) is 1.84. The van der Waals surface area contributed by atoms with Crippen molar-refractivity contribution >= 4 is 17.7 Å². The van der Waals surface area contributed by atoms with E-state index < -0.39 is 0 Å². The van der Waals surface area contributed by atoms with Crippen LogP contribution in [-0.2, 0) is 0 Å². The second kappa shape index (κ2) is 7.27. The molecule has 0 fully saturated rings. The van der Waals surface area contributed by atoms with Crippen LogP contribution in [0.15, 0.2) is 5.16 Å². The Morgan fingerprint density at radius 3 is 2.69 bits per heavy atom. The number of ether oxygens (including phenoxy) is 1. The highest BCUT2D eigenvalue weighted by atomic mass is 32.2. The molecule has 5 nitrogen and oxygen atoms in total. The van der Waals surface area contributed by atoms with E-state index in [9.17, 15) is 0 Å². The van der Waals surface area contributed by atoms with Crippen LogP contribution in [0.2, 0.25) is 0 Å². The molecule has 1 N–H and O–H groups in total. The standard InChI is InChI=1S/C10H18N4OS/c1-4-6-7-16-10-13-8(11-5-2)12-9(14-10)15-3/h4-7H2,1-3H3,(H,11,12,13,14). The molecule has 0 saturated carbocycles. The van der Waals surface area contributed by atoms with Crippen LogP contribution in [0, 0.1) is 0 Å². The van der Waals surface area contributed by atoms with E-state index in [1.165, 1.54) is 6.42 Å². The minimum absolute atomic E-state index is 0.366. The van der Waals surface area contributed by atoms with Gasteiger partial charge in [0.05, 0.1) is 7.11 Å². The fourth-order valence-electron chi connectivity index (χ4n) is 1.04. The first-order chi connectivity index (χ1) is 7.80. The Morgan fingerprint density at radius 1 is 1.25 bits per heavy atom. The van der Waals surface area contributed by atoms with E-state index in [4.69, 9.17) is 4.74 Å². The molecule has 1 aromatic heterocycles. The van der Waals surface area contributed by atoms with Crippen molar-refractivity contribution < 1.29 is 4.74 Å². The summed E-state index contributed by atoms with van der Waals surface area (Å²) in [5.74, 6) is 1.60. The summed E-state index contributed by atoms with van der Waals surface area (Å²) in [5.41, 5.74) is 0. The summed E-state index contributed by atoms with van der Waals surface area (Å²) in [6.45, 7) is 4.95. The van der Waals surface area contributed by atoms with Crippen molar-refractivity contribution in [2.45, 2.75) is 31.8 Å². The highest BCUT2D eigenvalue weighted by Gasteiger charge is 2.06. The molecule has 0 bridgehead atoms. The summed E-state index contributed by atoms with van der Waals surface area (Å²) in [6, 6.07) is 0.366. The molecule has 0 spiro atoms. The van der Waals surface area contributed by atoms with Crippen molar-refractivity contribution in [1.82, 2.24) is 15.0 Å². The summed E-state index contributed by atoms with van der Waals surface area (Å²) < 4.78 is 5.03. The Balaban J connectivity index is 2.69. The Labute approximate surface area is 100 Å². The zero-order chi connectivity index (χ0) is 11.8. The van der Waals surface area contributed by atoms with Gasteiger partial charge in [0.1, 0.15) is 0 Å². The number of anilines is 1. The number of nitrogens with one attached hydrogen (secondary N) is 1. The molecular formula is C10H18N4OS. The third kappa shape index (κ3) is 4.22. The SMILES string of the molecule is CCCCSc1nc(NCC)nc(OC)n1. The van der Waals surface area contributed by atoms with E-state index in [1.807, 2.05) is 6.92 Å². The van der Waals surface area contributed by atoms with Crippen LogP contribution >= 0.6 is 11.8 Å². The lowest BCUT2D eigenvalue weighted by Crippen LogP contribution is -2.06. The van der Waals surface area contributed by atoms with Crippen molar-refractivity contribution in [2.75, 3.05) is 24.7 Å². The van der Waals surface area contributed by atoms with Gasteiger partial charge in [-0.3, -0.25) is 0 Å². The maximum Gasteiger partial charge on any atom is 0.321 e. The van der Waals surface area contributed by atoms with Crippen LogP contribution in [0.5, 0.6) is 6.01 Å². The van der Waals surface area contributed by atoms with Crippen LogP contribution in [-0.4, -0.2) is 34.4 Å². The fourth-order valence-corrected chi connectivity index (χ4v) is 1.95. The highest BCUT2D eigenvalue weighted by molar-refractivity contribution is 7.99. The van der Waals surface area contributed by atoms with Crippen molar-refractivity contribution in [1.29, 1.82) is 0 Å². The average Bonchev–Trinajstić information content (AvgIpc) is 2.29. The minimum atomic E-state index is 0.366. The Morgan fingerprint density at radius 2 is 2.06 bits per heavy atom. The molecule has 0 aliphatic rings. The van der Waals surface area contributed by atoms with E-state index in [0.717, 1.165) is 23.9 Å². The first kappa shape index (κ1) is 13.0. The Kier molecular flexibility index (Phi) is 5.92. The molecular weight excluding hydrogens is 224 g/mol.